The molecule has 0 bridgehead atoms. The van der Waals surface area contributed by atoms with Crippen molar-refractivity contribution in [3.63, 3.8) is 0 Å². The molecule has 1 unspecified atom stereocenters. The van der Waals surface area contributed by atoms with Crippen LogP contribution in [-0.2, 0) is 13.6 Å². The van der Waals surface area contributed by atoms with Crippen molar-refractivity contribution >= 4 is 0 Å². The molecule has 1 atom stereocenters. The zero-order chi connectivity index (χ0) is 14.7. The van der Waals surface area contributed by atoms with Gasteiger partial charge in [-0.05, 0) is 60.0 Å². The lowest BCUT2D eigenvalue weighted by Gasteiger charge is -2.24. The molecule has 2 heterocycles. The fourth-order valence-corrected chi connectivity index (χ4v) is 3.16. The second kappa shape index (κ2) is 6.72. The van der Waals surface area contributed by atoms with Crippen molar-refractivity contribution in [2.24, 2.45) is 7.05 Å². The molecule has 1 aromatic heterocycles. The highest BCUT2D eigenvalue weighted by molar-refractivity contribution is 5.24. The monoisotopic (exact) mass is 278 g/mol. The first-order valence-corrected chi connectivity index (χ1v) is 7.95. The van der Waals surface area contributed by atoms with E-state index in [1.54, 1.807) is 0 Å². The van der Waals surface area contributed by atoms with E-state index in [0.717, 1.165) is 12.2 Å². The predicted molar refractivity (Wildman–Crippen MR) is 83.9 cm³/mol. The van der Waals surface area contributed by atoms with Gasteiger partial charge in [0.15, 0.2) is 0 Å². The zero-order valence-corrected chi connectivity index (χ0v) is 13.7. The van der Waals surface area contributed by atoms with Crippen LogP contribution in [0.4, 0.5) is 0 Å². The Labute approximate surface area is 123 Å². The number of aromatic nitrogens is 2. The van der Waals surface area contributed by atoms with Gasteiger partial charge in [-0.15, -0.1) is 0 Å². The van der Waals surface area contributed by atoms with Crippen LogP contribution in [0.5, 0.6) is 0 Å². The quantitative estimate of drug-likeness (QED) is 0.918. The summed E-state index contributed by atoms with van der Waals surface area (Å²) in [7, 11) is 2.03. The third-order valence-electron chi connectivity index (χ3n) is 4.72. The molecule has 4 nitrogen and oxygen atoms in total. The van der Waals surface area contributed by atoms with Crippen molar-refractivity contribution < 1.29 is 0 Å². The Bertz CT molecular complexity index is 436. The van der Waals surface area contributed by atoms with E-state index in [9.17, 15) is 0 Å². The fraction of sp³-hybridized carbons (Fsp3) is 0.812. The highest BCUT2D eigenvalue weighted by Gasteiger charge is 2.19. The molecule has 4 heteroatoms. The number of rotatable bonds is 4. The summed E-state index contributed by atoms with van der Waals surface area (Å²) in [6.45, 7) is 12.3. The van der Waals surface area contributed by atoms with Gasteiger partial charge in [-0.1, -0.05) is 0 Å². The number of likely N-dealkylation sites (tertiary alicyclic amines) is 1. The summed E-state index contributed by atoms with van der Waals surface area (Å²) in [5.74, 6) is 0. The molecule has 0 spiro atoms. The van der Waals surface area contributed by atoms with Gasteiger partial charge in [-0.3, -0.25) is 4.68 Å². The van der Waals surface area contributed by atoms with Gasteiger partial charge in [0, 0.05) is 36.9 Å². The molecule has 1 saturated heterocycles. The molecular formula is C16H30N4. The van der Waals surface area contributed by atoms with E-state index in [-0.39, 0.29) is 0 Å². The first-order chi connectivity index (χ1) is 9.49. The average molecular weight is 278 g/mol. The molecule has 1 aliphatic heterocycles. The molecule has 0 amide bonds. The predicted octanol–water partition coefficient (Wildman–Crippen LogP) is 2.39. The third-order valence-corrected chi connectivity index (χ3v) is 4.72. The maximum absolute atomic E-state index is 4.50. The third kappa shape index (κ3) is 3.61. The van der Waals surface area contributed by atoms with Crippen LogP contribution in [0.15, 0.2) is 0 Å². The number of aryl methyl sites for hydroxylation is 2. The highest BCUT2D eigenvalue weighted by atomic mass is 15.3. The standard InChI is InChI=1S/C16H30N4/c1-12(2)20-9-6-7-15(8-10-20)17-11-16-13(3)18-19(5)14(16)4/h12,15,17H,6-11H2,1-5H3. The van der Waals surface area contributed by atoms with Crippen LogP contribution in [0, 0.1) is 13.8 Å². The summed E-state index contributed by atoms with van der Waals surface area (Å²) < 4.78 is 1.99. The summed E-state index contributed by atoms with van der Waals surface area (Å²) in [5.41, 5.74) is 3.82. The minimum absolute atomic E-state index is 0.651. The number of nitrogens with one attached hydrogen (secondary N) is 1. The smallest absolute Gasteiger partial charge is 0.0641 e. The van der Waals surface area contributed by atoms with Crippen LogP contribution in [-0.4, -0.2) is 39.9 Å². The zero-order valence-electron chi connectivity index (χ0n) is 13.7. The lowest BCUT2D eigenvalue weighted by molar-refractivity contribution is 0.229. The summed E-state index contributed by atoms with van der Waals surface area (Å²) in [6, 6.07) is 1.33. The van der Waals surface area contributed by atoms with Crippen LogP contribution in [0.2, 0.25) is 0 Å². The van der Waals surface area contributed by atoms with Gasteiger partial charge in [-0.2, -0.15) is 5.10 Å². The average Bonchev–Trinajstić information content (AvgIpc) is 2.60. The van der Waals surface area contributed by atoms with Crippen molar-refractivity contribution in [3.05, 3.63) is 17.0 Å². The molecule has 114 valence electrons. The molecule has 0 radical (unpaired) electrons. The van der Waals surface area contributed by atoms with Gasteiger partial charge in [0.05, 0.1) is 5.69 Å². The SMILES string of the molecule is Cc1nn(C)c(C)c1CNC1CCCN(C(C)C)CC1. The van der Waals surface area contributed by atoms with Crippen LogP contribution in [0.3, 0.4) is 0 Å². The second-order valence-corrected chi connectivity index (χ2v) is 6.41. The Kier molecular flexibility index (Phi) is 5.22. The van der Waals surface area contributed by atoms with E-state index in [0.29, 0.717) is 12.1 Å². The van der Waals surface area contributed by atoms with E-state index in [1.165, 1.54) is 43.6 Å². The van der Waals surface area contributed by atoms with E-state index in [1.807, 2.05) is 11.7 Å². The van der Waals surface area contributed by atoms with Crippen LogP contribution in [0.1, 0.15) is 50.1 Å². The van der Waals surface area contributed by atoms with Crippen LogP contribution >= 0.6 is 0 Å². The summed E-state index contributed by atoms with van der Waals surface area (Å²) in [5, 5.41) is 8.25. The van der Waals surface area contributed by atoms with Crippen LogP contribution < -0.4 is 5.32 Å². The minimum atomic E-state index is 0.651. The lowest BCUT2D eigenvalue weighted by Crippen LogP contribution is -2.34. The molecule has 1 fully saturated rings. The van der Waals surface area contributed by atoms with Gasteiger partial charge < -0.3 is 10.2 Å². The Morgan fingerprint density at radius 3 is 2.60 bits per heavy atom. The number of nitrogens with zero attached hydrogens (tertiary/aromatic N) is 3. The normalized spacial score (nSPS) is 21.4. The Balaban J connectivity index is 1.88. The second-order valence-electron chi connectivity index (χ2n) is 6.41. The molecular weight excluding hydrogens is 248 g/mol. The van der Waals surface area contributed by atoms with E-state index in [4.69, 9.17) is 0 Å². The number of hydrogen-bond donors (Lipinski definition) is 1. The lowest BCUT2D eigenvalue weighted by atomic mass is 10.1. The topological polar surface area (TPSA) is 33.1 Å². The van der Waals surface area contributed by atoms with Crippen molar-refractivity contribution in [1.82, 2.24) is 20.0 Å². The molecule has 20 heavy (non-hydrogen) atoms. The Hall–Kier alpha value is -0.870. The first kappa shape index (κ1) is 15.5. The van der Waals surface area contributed by atoms with Crippen molar-refractivity contribution in [2.45, 2.75) is 65.6 Å². The van der Waals surface area contributed by atoms with E-state index in [2.05, 4.69) is 43.0 Å². The number of hydrogen-bond acceptors (Lipinski definition) is 3. The maximum atomic E-state index is 4.50. The molecule has 1 aliphatic rings. The molecule has 0 aromatic carbocycles. The summed E-state index contributed by atoms with van der Waals surface area (Å²) in [6.07, 6.45) is 3.86. The molecule has 0 saturated carbocycles. The molecule has 1 N–H and O–H groups in total. The maximum Gasteiger partial charge on any atom is 0.0641 e. The molecule has 1 aromatic rings. The molecule has 0 aliphatic carbocycles. The van der Waals surface area contributed by atoms with Gasteiger partial charge in [-0.25, -0.2) is 0 Å². The first-order valence-electron chi connectivity index (χ1n) is 7.95. The van der Waals surface area contributed by atoms with E-state index >= 15 is 0 Å². The highest BCUT2D eigenvalue weighted by Crippen LogP contribution is 2.16. The minimum Gasteiger partial charge on any atom is -0.310 e. The van der Waals surface area contributed by atoms with Crippen molar-refractivity contribution in [3.8, 4) is 0 Å². The molecule has 2 rings (SSSR count). The van der Waals surface area contributed by atoms with Gasteiger partial charge in [0.1, 0.15) is 0 Å². The van der Waals surface area contributed by atoms with Crippen molar-refractivity contribution in [1.29, 1.82) is 0 Å². The Morgan fingerprint density at radius 1 is 1.25 bits per heavy atom. The largest absolute Gasteiger partial charge is 0.310 e. The fourth-order valence-electron chi connectivity index (χ4n) is 3.16. The summed E-state index contributed by atoms with van der Waals surface area (Å²) >= 11 is 0. The van der Waals surface area contributed by atoms with E-state index < -0.39 is 0 Å². The Morgan fingerprint density at radius 2 is 2.00 bits per heavy atom. The van der Waals surface area contributed by atoms with Gasteiger partial charge >= 0.3 is 0 Å². The van der Waals surface area contributed by atoms with Gasteiger partial charge in [0.2, 0.25) is 0 Å². The van der Waals surface area contributed by atoms with Crippen LogP contribution in [0.25, 0.3) is 0 Å². The van der Waals surface area contributed by atoms with Crippen molar-refractivity contribution in [2.75, 3.05) is 13.1 Å². The summed E-state index contributed by atoms with van der Waals surface area (Å²) in [4.78, 5) is 2.60. The van der Waals surface area contributed by atoms with Gasteiger partial charge in [0.25, 0.3) is 0 Å².